The van der Waals surface area contributed by atoms with Gasteiger partial charge in [-0.25, -0.2) is 0 Å². The number of halogens is 2. The van der Waals surface area contributed by atoms with Crippen LogP contribution in [0.3, 0.4) is 0 Å². The van der Waals surface area contributed by atoms with Crippen molar-refractivity contribution in [1.82, 2.24) is 15.3 Å². The van der Waals surface area contributed by atoms with Crippen molar-refractivity contribution in [3.63, 3.8) is 0 Å². The van der Waals surface area contributed by atoms with Gasteiger partial charge < -0.3 is 19.9 Å². The van der Waals surface area contributed by atoms with Crippen molar-refractivity contribution in [2.45, 2.75) is 46.1 Å². The molecule has 212 valence electrons. The van der Waals surface area contributed by atoms with Gasteiger partial charge >= 0.3 is 0 Å². The molecule has 0 aliphatic carbocycles. The van der Waals surface area contributed by atoms with Crippen LogP contribution < -0.4 is 19.9 Å². The lowest BCUT2D eigenvalue weighted by Gasteiger charge is -2.27. The number of amides is 2. The molecular formula is C28H37Cl2N5O3S. The summed E-state index contributed by atoms with van der Waals surface area (Å²) in [6, 6.07) is 9.89. The average Bonchev–Trinajstić information content (AvgIpc) is 3.44. The largest absolute Gasteiger partial charge is 0.493 e. The van der Waals surface area contributed by atoms with E-state index in [4.69, 9.17) is 4.74 Å². The molecule has 11 heteroatoms. The van der Waals surface area contributed by atoms with Gasteiger partial charge in [0.2, 0.25) is 11.8 Å². The Hall–Kier alpha value is -2.72. The summed E-state index contributed by atoms with van der Waals surface area (Å²) in [6.07, 6.45) is 8.36. The highest BCUT2D eigenvalue weighted by Crippen LogP contribution is 2.40. The minimum absolute atomic E-state index is 0. The number of aromatic nitrogens is 2. The maximum atomic E-state index is 13.0. The molecular weight excluding hydrogens is 557 g/mol. The minimum Gasteiger partial charge on any atom is -0.493 e. The SMILES string of the molecule is CCN1C(=O)C(C)(C)C(=O)N(C)c2cc(OCCCNC(CCc3cccnc3)c3cncs3)ccc21.Cl.Cl. The Labute approximate surface area is 247 Å². The second kappa shape index (κ2) is 14.6. The molecule has 4 rings (SSSR count). The first kappa shape index (κ1) is 32.5. The van der Waals surface area contributed by atoms with Crippen LogP contribution >= 0.6 is 36.2 Å². The molecule has 1 atom stereocenters. The maximum Gasteiger partial charge on any atom is 0.242 e. The van der Waals surface area contributed by atoms with E-state index < -0.39 is 5.41 Å². The highest BCUT2D eigenvalue weighted by molar-refractivity contribution is 7.09. The van der Waals surface area contributed by atoms with Crippen molar-refractivity contribution in [2.24, 2.45) is 5.41 Å². The van der Waals surface area contributed by atoms with E-state index in [0.29, 0.717) is 24.6 Å². The summed E-state index contributed by atoms with van der Waals surface area (Å²) in [4.78, 5) is 39.0. The molecule has 3 aromatic rings. The Morgan fingerprint density at radius 3 is 2.54 bits per heavy atom. The van der Waals surface area contributed by atoms with Crippen LogP contribution in [-0.2, 0) is 16.0 Å². The molecule has 2 aromatic heterocycles. The van der Waals surface area contributed by atoms with E-state index in [-0.39, 0.29) is 42.7 Å². The zero-order valence-electron chi connectivity index (χ0n) is 22.8. The molecule has 0 spiro atoms. The lowest BCUT2D eigenvalue weighted by Crippen LogP contribution is -2.47. The molecule has 1 aliphatic rings. The van der Waals surface area contributed by atoms with Gasteiger partial charge in [-0.1, -0.05) is 6.07 Å². The van der Waals surface area contributed by atoms with Crippen LogP contribution in [0.4, 0.5) is 11.4 Å². The van der Waals surface area contributed by atoms with Gasteiger partial charge in [-0.3, -0.25) is 19.6 Å². The summed E-state index contributed by atoms with van der Waals surface area (Å²) in [5.41, 5.74) is 3.37. The van der Waals surface area contributed by atoms with E-state index in [2.05, 4.69) is 21.4 Å². The van der Waals surface area contributed by atoms with Crippen molar-refractivity contribution < 1.29 is 14.3 Å². The number of carbonyl (C=O) groups excluding carboxylic acids is 2. The fourth-order valence-corrected chi connectivity index (χ4v) is 5.34. The summed E-state index contributed by atoms with van der Waals surface area (Å²) < 4.78 is 6.05. The first-order chi connectivity index (χ1) is 17.8. The third kappa shape index (κ3) is 7.48. The van der Waals surface area contributed by atoms with E-state index in [0.717, 1.165) is 31.5 Å². The second-order valence-corrected chi connectivity index (χ2v) is 10.6. The number of nitrogens with zero attached hydrogens (tertiary/aromatic N) is 4. The smallest absolute Gasteiger partial charge is 0.242 e. The molecule has 1 aromatic carbocycles. The number of rotatable bonds is 11. The number of carbonyl (C=O) groups is 2. The van der Waals surface area contributed by atoms with Crippen molar-refractivity contribution in [1.29, 1.82) is 0 Å². The van der Waals surface area contributed by atoms with E-state index in [1.165, 1.54) is 10.4 Å². The van der Waals surface area contributed by atoms with E-state index in [1.807, 2.05) is 49.1 Å². The van der Waals surface area contributed by atoms with Crippen LogP contribution in [0.15, 0.2) is 54.4 Å². The highest BCUT2D eigenvalue weighted by atomic mass is 35.5. The van der Waals surface area contributed by atoms with Crippen LogP contribution in [0.1, 0.15) is 50.1 Å². The number of pyridine rings is 1. The van der Waals surface area contributed by atoms with Gasteiger partial charge in [-0.05, 0) is 70.3 Å². The van der Waals surface area contributed by atoms with Gasteiger partial charge in [0.25, 0.3) is 0 Å². The summed E-state index contributed by atoms with van der Waals surface area (Å²) >= 11 is 1.66. The molecule has 1 aliphatic heterocycles. The van der Waals surface area contributed by atoms with Crippen LogP contribution in [-0.4, -0.2) is 48.5 Å². The molecule has 3 heterocycles. The third-order valence-corrected chi connectivity index (χ3v) is 7.64. The number of fused-ring (bicyclic) bond motifs is 1. The van der Waals surface area contributed by atoms with Gasteiger partial charge in [0, 0.05) is 49.2 Å². The quantitative estimate of drug-likeness (QED) is 0.234. The Bertz CT molecular complexity index is 1210. The maximum absolute atomic E-state index is 13.0. The summed E-state index contributed by atoms with van der Waals surface area (Å²) in [7, 11) is 1.72. The van der Waals surface area contributed by atoms with Gasteiger partial charge in [-0.15, -0.1) is 36.2 Å². The normalized spacial score (nSPS) is 15.1. The zero-order chi connectivity index (χ0) is 26.4. The monoisotopic (exact) mass is 593 g/mol. The number of hydrogen-bond acceptors (Lipinski definition) is 7. The average molecular weight is 595 g/mol. The Balaban J connectivity index is 0.00000267. The van der Waals surface area contributed by atoms with Crippen LogP contribution in [0, 0.1) is 5.41 Å². The number of ether oxygens (including phenoxy) is 1. The Morgan fingerprint density at radius 2 is 1.87 bits per heavy atom. The predicted octanol–water partition coefficient (Wildman–Crippen LogP) is 5.47. The van der Waals surface area contributed by atoms with E-state index in [1.54, 1.807) is 48.2 Å². The summed E-state index contributed by atoms with van der Waals surface area (Å²) in [6.45, 7) is 7.10. The fourth-order valence-electron chi connectivity index (χ4n) is 4.61. The van der Waals surface area contributed by atoms with Crippen molar-refractivity contribution in [3.8, 4) is 5.75 Å². The van der Waals surface area contributed by atoms with E-state index >= 15 is 0 Å². The number of aryl methyl sites for hydroxylation is 1. The summed E-state index contributed by atoms with van der Waals surface area (Å²) in [5.74, 6) is 0.262. The van der Waals surface area contributed by atoms with Crippen molar-refractivity contribution in [2.75, 3.05) is 36.5 Å². The molecule has 0 fully saturated rings. The second-order valence-electron chi connectivity index (χ2n) is 9.70. The lowest BCUT2D eigenvalue weighted by atomic mass is 9.90. The zero-order valence-corrected chi connectivity index (χ0v) is 25.2. The van der Waals surface area contributed by atoms with Crippen molar-refractivity contribution >= 4 is 59.3 Å². The fraction of sp³-hybridized carbons (Fsp3) is 0.429. The summed E-state index contributed by atoms with van der Waals surface area (Å²) in [5, 5.41) is 3.65. The molecule has 0 saturated heterocycles. The first-order valence-corrected chi connectivity index (χ1v) is 13.6. The number of thiazole rings is 1. The van der Waals surface area contributed by atoms with Gasteiger partial charge in [-0.2, -0.15) is 0 Å². The Morgan fingerprint density at radius 1 is 1.08 bits per heavy atom. The highest BCUT2D eigenvalue weighted by Gasteiger charge is 2.45. The van der Waals surface area contributed by atoms with Gasteiger partial charge in [0.15, 0.2) is 0 Å². The topological polar surface area (TPSA) is 87.7 Å². The number of nitrogens with one attached hydrogen (secondary N) is 1. The van der Waals surface area contributed by atoms with Crippen LogP contribution in [0.25, 0.3) is 0 Å². The predicted molar refractivity (Wildman–Crippen MR) is 162 cm³/mol. The number of anilines is 2. The standard InChI is InChI=1S/C28H35N5O3S.2ClH/c1-5-33-23-12-10-21(16-24(23)32(4)26(34)28(2,3)27(33)35)36-15-7-14-31-22(25-18-30-19-37-25)11-9-20-8-6-13-29-17-20;;/h6,8,10,12-13,16-19,22,31H,5,7,9,11,14-15H2,1-4H3;2*1H. The third-order valence-electron chi connectivity index (χ3n) is 6.75. The van der Waals surface area contributed by atoms with E-state index in [9.17, 15) is 9.59 Å². The molecule has 1 N–H and O–H groups in total. The number of hydrogen-bond donors (Lipinski definition) is 1. The lowest BCUT2D eigenvalue weighted by molar-refractivity contribution is -0.137. The number of benzene rings is 1. The van der Waals surface area contributed by atoms with Crippen LogP contribution in [0.2, 0.25) is 0 Å². The first-order valence-electron chi connectivity index (χ1n) is 12.7. The van der Waals surface area contributed by atoms with Gasteiger partial charge in [0.1, 0.15) is 11.2 Å². The molecule has 1 unspecified atom stereocenters. The molecule has 0 bridgehead atoms. The molecule has 39 heavy (non-hydrogen) atoms. The van der Waals surface area contributed by atoms with Crippen molar-refractivity contribution in [3.05, 3.63) is 64.9 Å². The Kier molecular flexibility index (Phi) is 12.2. The molecule has 2 amide bonds. The molecule has 0 radical (unpaired) electrons. The minimum atomic E-state index is -1.12. The molecule has 0 saturated carbocycles. The van der Waals surface area contributed by atoms with Crippen LogP contribution in [0.5, 0.6) is 5.75 Å². The molecule has 8 nitrogen and oxygen atoms in total. The van der Waals surface area contributed by atoms with Gasteiger partial charge in [0.05, 0.1) is 23.5 Å².